The Hall–Kier alpha value is -2.70. The summed E-state index contributed by atoms with van der Waals surface area (Å²) in [5.41, 5.74) is 0.451. The number of rotatable bonds is 8. The van der Waals surface area contributed by atoms with Gasteiger partial charge in [0, 0.05) is 20.0 Å². The maximum absolute atomic E-state index is 12.3. The van der Waals surface area contributed by atoms with Crippen LogP contribution >= 0.6 is 0 Å². The fourth-order valence-corrected chi connectivity index (χ4v) is 2.47. The van der Waals surface area contributed by atoms with Gasteiger partial charge in [-0.1, -0.05) is 26.0 Å². The van der Waals surface area contributed by atoms with E-state index in [4.69, 9.17) is 4.74 Å². The zero-order valence-corrected chi connectivity index (χ0v) is 15.4. The van der Waals surface area contributed by atoms with Crippen molar-refractivity contribution in [3.05, 3.63) is 40.4 Å². The number of nitrogens with one attached hydrogen (secondary N) is 1. The molecule has 1 amide bonds. The lowest BCUT2D eigenvalue weighted by molar-refractivity contribution is -0.148. The van der Waals surface area contributed by atoms with E-state index in [1.807, 2.05) is 6.07 Å². The van der Waals surface area contributed by atoms with Crippen LogP contribution in [-0.4, -0.2) is 34.6 Å². The highest BCUT2D eigenvalue weighted by molar-refractivity contribution is 5.80. The number of nitrogens with zero attached hydrogens (tertiary/aromatic N) is 2. The fraction of sp³-hybridized carbons (Fsp3) is 0.474. The molecule has 0 aliphatic heterocycles. The third-order valence-electron chi connectivity index (χ3n) is 4.04. The number of fused-ring (bicyclic) bond motifs is 1. The molecule has 2 rings (SSSR count). The number of para-hydroxylation sites is 1. The molecule has 140 valence electrons. The second-order valence-corrected chi connectivity index (χ2v) is 6.60. The van der Waals surface area contributed by atoms with E-state index in [1.54, 1.807) is 25.2 Å². The van der Waals surface area contributed by atoms with Gasteiger partial charge in [-0.3, -0.25) is 19.0 Å². The SMILES string of the molecule is CC(C)CCNC(=O)COC(=O)CCc1nc2ccccc2c(=O)n1C. The Morgan fingerprint density at radius 2 is 2.00 bits per heavy atom. The summed E-state index contributed by atoms with van der Waals surface area (Å²) in [6, 6.07) is 7.08. The van der Waals surface area contributed by atoms with E-state index in [0.717, 1.165) is 6.42 Å². The number of ether oxygens (including phenoxy) is 1. The van der Waals surface area contributed by atoms with E-state index in [1.165, 1.54) is 4.57 Å². The summed E-state index contributed by atoms with van der Waals surface area (Å²) in [7, 11) is 1.63. The van der Waals surface area contributed by atoms with E-state index >= 15 is 0 Å². The van der Waals surface area contributed by atoms with Crippen LogP contribution in [0.1, 0.15) is 32.5 Å². The second-order valence-electron chi connectivity index (χ2n) is 6.60. The van der Waals surface area contributed by atoms with Crippen molar-refractivity contribution in [3.8, 4) is 0 Å². The maximum atomic E-state index is 12.3. The highest BCUT2D eigenvalue weighted by Crippen LogP contribution is 2.08. The summed E-state index contributed by atoms with van der Waals surface area (Å²) in [4.78, 5) is 40.2. The standard InChI is InChI=1S/C19H25N3O4/c1-13(2)10-11-20-17(23)12-26-18(24)9-8-16-21-15-7-5-4-6-14(15)19(25)22(16)3/h4-7,13H,8-12H2,1-3H3,(H,20,23). The zero-order valence-electron chi connectivity index (χ0n) is 15.4. The third-order valence-corrected chi connectivity index (χ3v) is 4.04. The number of benzene rings is 1. The maximum Gasteiger partial charge on any atom is 0.306 e. The van der Waals surface area contributed by atoms with Crippen LogP contribution in [0.4, 0.5) is 0 Å². The van der Waals surface area contributed by atoms with Gasteiger partial charge in [-0.2, -0.15) is 0 Å². The molecule has 1 heterocycles. The summed E-state index contributed by atoms with van der Waals surface area (Å²) < 4.78 is 6.41. The predicted molar refractivity (Wildman–Crippen MR) is 98.7 cm³/mol. The van der Waals surface area contributed by atoms with Crippen molar-refractivity contribution < 1.29 is 14.3 Å². The van der Waals surface area contributed by atoms with Crippen LogP contribution in [0, 0.1) is 5.92 Å². The van der Waals surface area contributed by atoms with Crippen molar-refractivity contribution in [1.82, 2.24) is 14.9 Å². The lowest BCUT2D eigenvalue weighted by atomic mass is 10.1. The number of amides is 1. The van der Waals surface area contributed by atoms with Crippen LogP contribution in [0.25, 0.3) is 10.9 Å². The first-order valence-electron chi connectivity index (χ1n) is 8.75. The molecule has 0 aliphatic carbocycles. The predicted octanol–water partition coefficient (Wildman–Crippen LogP) is 1.57. The van der Waals surface area contributed by atoms with Crippen LogP contribution in [0.15, 0.2) is 29.1 Å². The second kappa shape index (κ2) is 9.12. The van der Waals surface area contributed by atoms with Crippen molar-refractivity contribution in [3.63, 3.8) is 0 Å². The quantitative estimate of drug-likeness (QED) is 0.723. The summed E-state index contributed by atoms with van der Waals surface area (Å²) in [6.45, 7) is 4.42. The monoisotopic (exact) mass is 359 g/mol. The van der Waals surface area contributed by atoms with Gasteiger partial charge in [0.1, 0.15) is 5.82 Å². The summed E-state index contributed by atoms with van der Waals surface area (Å²) >= 11 is 0. The largest absolute Gasteiger partial charge is 0.456 e. The zero-order chi connectivity index (χ0) is 19.1. The fourth-order valence-electron chi connectivity index (χ4n) is 2.47. The molecule has 0 saturated heterocycles. The molecule has 0 fully saturated rings. The van der Waals surface area contributed by atoms with E-state index in [9.17, 15) is 14.4 Å². The molecule has 1 aromatic heterocycles. The lowest BCUT2D eigenvalue weighted by Gasteiger charge is -2.10. The van der Waals surface area contributed by atoms with Crippen molar-refractivity contribution in [2.45, 2.75) is 33.1 Å². The molecule has 0 bridgehead atoms. The van der Waals surface area contributed by atoms with Crippen molar-refractivity contribution in [2.75, 3.05) is 13.2 Å². The Kier molecular flexibility index (Phi) is 6.89. The van der Waals surface area contributed by atoms with Gasteiger partial charge < -0.3 is 10.1 Å². The smallest absolute Gasteiger partial charge is 0.306 e. The normalized spacial score (nSPS) is 10.9. The van der Waals surface area contributed by atoms with Crippen LogP contribution in [0.3, 0.4) is 0 Å². The molecular formula is C19H25N3O4. The molecule has 7 heteroatoms. The number of carbonyl (C=O) groups excluding carboxylic acids is 2. The van der Waals surface area contributed by atoms with Gasteiger partial charge in [0.15, 0.2) is 6.61 Å². The molecule has 0 atom stereocenters. The molecule has 26 heavy (non-hydrogen) atoms. The van der Waals surface area contributed by atoms with Crippen molar-refractivity contribution in [1.29, 1.82) is 0 Å². The van der Waals surface area contributed by atoms with E-state index in [2.05, 4.69) is 24.1 Å². The summed E-state index contributed by atoms with van der Waals surface area (Å²) in [6.07, 6.45) is 1.20. The van der Waals surface area contributed by atoms with Gasteiger partial charge in [-0.25, -0.2) is 4.98 Å². The number of hydrogen-bond donors (Lipinski definition) is 1. The highest BCUT2D eigenvalue weighted by atomic mass is 16.5. The molecule has 0 radical (unpaired) electrons. The van der Waals surface area contributed by atoms with Crippen LogP contribution in [0.2, 0.25) is 0 Å². The number of hydrogen-bond acceptors (Lipinski definition) is 5. The van der Waals surface area contributed by atoms with Crippen LogP contribution in [-0.2, 0) is 27.8 Å². The Balaban J connectivity index is 1.86. The van der Waals surface area contributed by atoms with Crippen molar-refractivity contribution in [2.24, 2.45) is 13.0 Å². The lowest BCUT2D eigenvalue weighted by Crippen LogP contribution is -2.30. The van der Waals surface area contributed by atoms with E-state index in [-0.39, 0.29) is 30.9 Å². The highest BCUT2D eigenvalue weighted by Gasteiger charge is 2.12. The first-order valence-corrected chi connectivity index (χ1v) is 8.75. The molecule has 0 spiro atoms. The van der Waals surface area contributed by atoms with E-state index in [0.29, 0.717) is 29.2 Å². The van der Waals surface area contributed by atoms with E-state index < -0.39 is 5.97 Å². The van der Waals surface area contributed by atoms with Crippen molar-refractivity contribution >= 4 is 22.8 Å². The molecule has 2 aromatic rings. The minimum atomic E-state index is -0.494. The first kappa shape index (κ1) is 19.6. The minimum Gasteiger partial charge on any atom is -0.456 e. The molecule has 1 N–H and O–H groups in total. The van der Waals surface area contributed by atoms with Gasteiger partial charge in [0.2, 0.25) is 0 Å². The summed E-state index contributed by atoms with van der Waals surface area (Å²) in [5, 5.41) is 3.25. The molecule has 0 unspecified atom stereocenters. The van der Waals surface area contributed by atoms with Gasteiger partial charge in [-0.05, 0) is 24.5 Å². The summed E-state index contributed by atoms with van der Waals surface area (Å²) in [5.74, 6) is 0.202. The number of aromatic nitrogens is 2. The van der Waals surface area contributed by atoms with Crippen LogP contribution < -0.4 is 10.9 Å². The average molecular weight is 359 g/mol. The number of carbonyl (C=O) groups is 2. The number of esters is 1. The first-order chi connectivity index (χ1) is 12.4. The average Bonchev–Trinajstić information content (AvgIpc) is 2.61. The molecule has 0 saturated carbocycles. The molecule has 0 aliphatic rings. The van der Waals surface area contributed by atoms with Gasteiger partial charge >= 0.3 is 5.97 Å². The third kappa shape index (κ3) is 5.40. The minimum absolute atomic E-state index is 0.0535. The van der Waals surface area contributed by atoms with Gasteiger partial charge in [0.25, 0.3) is 11.5 Å². The topological polar surface area (TPSA) is 90.3 Å². The molecule has 7 nitrogen and oxygen atoms in total. The van der Waals surface area contributed by atoms with Crippen LogP contribution in [0.5, 0.6) is 0 Å². The molecule has 1 aromatic carbocycles. The molecular weight excluding hydrogens is 334 g/mol. The number of aryl methyl sites for hydroxylation is 1. The Labute approximate surface area is 152 Å². The Morgan fingerprint density at radius 1 is 1.27 bits per heavy atom. The van der Waals surface area contributed by atoms with Gasteiger partial charge in [0.05, 0.1) is 17.3 Å². The van der Waals surface area contributed by atoms with Gasteiger partial charge in [-0.15, -0.1) is 0 Å². The Morgan fingerprint density at radius 3 is 2.73 bits per heavy atom. The Bertz CT molecular complexity index is 842.